The Kier molecular flexibility index (Phi) is 10.5. The number of thiophene rings is 1. The standard InChI is InChI=1S/C35H25N5O5S2/c36-20-28-29(23-10-3-1-4-11-23)21-47-35(28)39-32(41)22-46-27-16-9-15-26(19-27)37-34(43)30(38-33(42)24-12-5-2-6-13-24)18-25-14-7-8-17-31(25)40(44)45/h1-19,21H,22H2,(H,37,43)(H,38,42)(H,39,41)/b30-18+. The number of nitro groups is 1. The van der Waals surface area contributed by atoms with Gasteiger partial charge >= 0.3 is 0 Å². The third-order valence-electron chi connectivity index (χ3n) is 6.66. The van der Waals surface area contributed by atoms with Crippen LogP contribution in [0.15, 0.2) is 125 Å². The summed E-state index contributed by atoms with van der Waals surface area (Å²) in [6.45, 7) is 0. The first-order valence-electron chi connectivity index (χ1n) is 14.0. The first kappa shape index (κ1) is 32.4. The molecule has 0 unspecified atom stereocenters. The molecule has 0 aliphatic carbocycles. The maximum Gasteiger partial charge on any atom is 0.276 e. The van der Waals surface area contributed by atoms with Crippen LogP contribution in [0.5, 0.6) is 0 Å². The lowest BCUT2D eigenvalue weighted by Crippen LogP contribution is -2.30. The lowest BCUT2D eigenvalue weighted by molar-refractivity contribution is -0.385. The first-order chi connectivity index (χ1) is 22.8. The molecule has 0 bridgehead atoms. The van der Waals surface area contributed by atoms with Gasteiger partial charge in [-0.1, -0.05) is 66.7 Å². The topological polar surface area (TPSA) is 154 Å². The minimum absolute atomic E-state index is 0.0385. The number of hydrogen-bond donors (Lipinski definition) is 3. The molecule has 47 heavy (non-hydrogen) atoms. The van der Waals surface area contributed by atoms with Crippen LogP contribution in [-0.4, -0.2) is 28.4 Å². The Labute approximate surface area is 277 Å². The molecule has 0 spiro atoms. The van der Waals surface area contributed by atoms with Crippen molar-refractivity contribution in [2.24, 2.45) is 0 Å². The minimum Gasteiger partial charge on any atom is -0.321 e. The Balaban J connectivity index is 1.28. The van der Waals surface area contributed by atoms with E-state index in [1.807, 2.05) is 35.7 Å². The zero-order valence-electron chi connectivity index (χ0n) is 24.5. The summed E-state index contributed by atoms with van der Waals surface area (Å²) in [5.41, 5.74) is 2.40. The smallest absolute Gasteiger partial charge is 0.276 e. The van der Waals surface area contributed by atoms with E-state index in [0.29, 0.717) is 26.7 Å². The van der Waals surface area contributed by atoms with E-state index < -0.39 is 16.7 Å². The summed E-state index contributed by atoms with van der Waals surface area (Å²) in [5, 5.41) is 31.8. The third kappa shape index (κ3) is 8.37. The van der Waals surface area contributed by atoms with Gasteiger partial charge in [-0.3, -0.25) is 24.5 Å². The zero-order chi connectivity index (χ0) is 33.2. The number of nitro benzene ring substituents is 1. The molecule has 1 heterocycles. The molecule has 0 saturated carbocycles. The van der Waals surface area contributed by atoms with E-state index >= 15 is 0 Å². The van der Waals surface area contributed by atoms with Crippen molar-refractivity contribution < 1.29 is 19.3 Å². The number of nitrogens with zero attached hydrogens (tertiary/aromatic N) is 2. The van der Waals surface area contributed by atoms with Crippen molar-refractivity contribution in [1.82, 2.24) is 5.32 Å². The lowest BCUT2D eigenvalue weighted by Gasteiger charge is -2.12. The van der Waals surface area contributed by atoms with Crippen LogP contribution in [0.4, 0.5) is 16.4 Å². The molecule has 5 aromatic rings. The molecule has 0 radical (unpaired) electrons. The fourth-order valence-corrected chi connectivity index (χ4v) is 6.13. The monoisotopic (exact) mass is 659 g/mol. The largest absolute Gasteiger partial charge is 0.321 e. The summed E-state index contributed by atoms with van der Waals surface area (Å²) in [5.74, 6) is -1.54. The molecule has 12 heteroatoms. The highest BCUT2D eigenvalue weighted by Crippen LogP contribution is 2.35. The van der Waals surface area contributed by atoms with E-state index in [1.165, 1.54) is 47.4 Å². The van der Waals surface area contributed by atoms with E-state index in [2.05, 4.69) is 22.0 Å². The van der Waals surface area contributed by atoms with Gasteiger partial charge in [0.05, 0.1) is 21.8 Å². The second kappa shape index (κ2) is 15.3. The Bertz CT molecular complexity index is 2020. The second-order valence-electron chi connectivity index (χ2n) is 9.84. The van der Waals surface area contributed by atoms with Crippen LogP contribution < -0.4 is 16.0 Å². The van der Waals surface area contributed by atoms with E-state index in [4.69, 9.17) is 0 Å². The number of rotatable bonds is 11. The Morgan fingerprint density at radius 3 is 2.32 bits per heavy atom. The van der Waals surface area contributed by atoms with E-state index in [1.54, 1.807) is 60.7 Å². The van der Waals surface area contributed by atoms with Crippen molar-refractivity contribution >= 4 is 63.3 Å². The fourth-order valence-electron chi connectivity index (χ4n) is 4.44. The number of benzene rings is 4. The highest BCUT2D eigenvalue weighted by molar-refractivity contribution is 8.00. The molecule has 10 nitrogen and oxygen atoms in total. The number of carbonyl (C=O) groups excluding carboxylic acids is 3. The quantitative estimate of drug-likeness (QED) is 0.0580. The van der Waals surface area contributed by atoms with Gasteiger partial charge in [-0.05, 0) is 48.0 Å². The van der Waals surface area contributed by atoms with Crippen LogP contribution in [0, 0.1) is 21.4 Å². The molecule has 0 atom stereocenters. The van der Waals surface area contributed by atoms with Gasteiger partial charge in [-0.25, -0.2) is 0 Å². The summed E-state index contributed by atoms with van der Waals surface area (Å²) >= 11 is 2.51. The number of para-hydroxylation sites is 1. The number of nitriles is 1. The first-order valence-corrected chi connectivity index (χ1v) is 15.9. The second-order valence-corrected chi connectivity index (χ2v) is 11.8. The number of amides is 3. The molecule has 0 aliphatic rings. The number of nitrogens with one attached hydrogen (secondary N) is 3. The summed E-state index contributed by atoms with van der Waals surface area (Å²) in [4.78, 5) is 50.9. The third-order valence-corrected chi connectivity index (χ3v) is 8.55. The van der Waals surface area contributed by atoms with Crippen molar-refractivity contribution in [2.75, 3.05) is 16.4 Å². The van der Waals surface area contributed by atoms with Gasteiger partial charge in [-0.2, -0.15) is 5.26 Å². The molecule has 232 valence electrons. The zero-order valence-corrected chi connectivity index (χ0v) is 26.1. The predicted molar refractivity (Wildman–Crippen MR) is 184 cm³/mol. The highest BCUT2D eigenvalue weighted by Gasteiger charge is 2.19. The van der Waals surface area contributed by atoms with Gasteiger partial charge in [-0.15, -0.1) is 23.1 Å². The summed E-state index contributed by atoms with van der Waals surface area (Å²) in [6.07, 6.45) is 1.25. The molecular formula is C35H25N5O5S2. The number of hydrogen-bond acceptors (Lipinski definition) is 8. The van der Waals surface area contributed by atoms with Crippen molar-refractivity contribution in [3.63, 3.8) is 0 Å². The van der Waals surface area contributed by atoms with Crippen molar-refractivity contribution in [1.29, 1.82) is 5.26 Å². The van der Waals surface area contributed by atoms with Crippen LogP contribution in [-0.2, 0) is 9.59 Å². The summed E-state index contributed by atoms with van der Waals surface area (Å²) in [7, 11) is 0. The Hall–Kier alpha value is -6.03. The number of carbonyl (C=O) groups is 3. The van der Waals surface area contributed by atoms with Crippen molar-refractivity contribution in [3.8, 4) is 17.2 Å². The Morgan fingerprint density at radius 2 is 1.60 bits per heavy atom. The average Bonchev–Trinajstić information content (AvgIpc) is 3.50. The maximum atomic E-state index is 13.5. The van der Waals surface area contributed by atoms with Gasteiger partial charge in [0.15, 0.2) is 0 Å². The summed E-state index contributed by atoms with van der Waals surface area (Å²) in [6, 6.07) is 32.5. The van der Waals surface area contributed by atoms with Gasteiger partial charge in [0, 0.05) is 33.2 Å². The van der Waals surface area contributed by atoms with Crippen molar-refractivity contribution in [2.45, 2.75) is 4.90 Å². The van der Waals surface area contributed by atoms with Crippen LogP contribution in [0.3, 0.4) is 0 Å². The predicted octanol–water partition coefficient (Wildman–Crippen LogP) is 7.34. The van der Waals surface area contributed by atoms with E-state index in [-0.39, 0.29) is 28.6 Å². The van der Waals surface area contributed by atoms with Gasteiger partial charge in [0.1, 0.15) is 16.8 Å². The molecule has 5 rings (SSSR count). The van der Waals surface area contributed by atoms with Gasteiger partial charge in [0.2, 0.25) is 5.91 Å². The molecule has 4 aromatic carbocycles. The molecule has 1 aromatic heterocycles. The fraction of sp³-hybridized carbons (Fsp3) is 0.0286. The SMILES string of the molecule is N#Cc1c(-c2ccccc2)csc1NC(=O)CSc1cccc(NC(=O)/C(=C\c2ccccc2[N+](=O)[O-])NC(=O)c2ccccc2)c1. The molecule has 0 aliphatic heterocycles. The van der Waals surface area contributed by atoms with E-state index in [0.717, 1.165) is 11.1 Å². The maximum absolute atomic E-state index is 13.5. The van der Waals surface area contributed by atoms with Crippen LogP contribution in [0.25, 0.3) is 17.2 Å². The molecular weight excluding hydrogens is 635 g/mol. The highest BCUT2D eigenvalue weighted by atomic mass is 32.2. The Morgan fingerprint density at radius 1 is 0.894 bits per heavy atom. The molecule has 0 saturated heterocycles. The summed E-state index contributed by atoms with van der Waals surface area (Å²) < 4.78 is 0. The number of anilines is 2. The van der Waals surface area contributed by atoms with Crippen LogP contribution in [0.2, 0.25) is 0 Å². The molecule has 3 N–H and O–H groups in total. The minimum atomic E-state index is -0.705. The van der Waals surface area contributed by atoms with Crippen molar-refractivity contribution in [3.05, 3.63) is 147 Å². The van der Waals surface area contributed by atoms with E-state index in [9.17, 15) is 29.8 Å². The average molecular weight is 660 g/mol. The number of thioether (sulfide) groups is 1. The molecule has 3 amide bonds. The van der Waals surface area contributed by atoms with Gasteiger partial charge < -0.3 is 16.0 Å². The lowest BCUT2D eigenvalue weighted by atomic mass is 10.1. The molecule has 0 fully saturated rings. The van der Waals surface area contributed by atoms with Gasteiger partial charge in [0.25, 0.3) is 17.5 Å². The van der Waals surface area contributed by atoms with Crippen LogP contribution in [0.1, 0.15) is 21.5 Å². The van der Waals surface area contributed by atoms with Crippen LogP contribution >= 0.6 is 23.1 Å². The normalized spacial score (nSPS) is 10.8.